The number of methoxy groups -OCH3 is 1. The maximum Gasteiger partial charge on any atom is 0.270 e. The van der Waals surface area contributed by atoms with Gasteiger partial charge in [-0.15, -0.1) is 0 Å². The van der Waals surface area contributed by atoms with Gasteiger partial charge in [0.25, 0.3) is 5.69 Å². The third kappa shape index (κ3) is 2.76. The second kappa shape index (κ2) is 5.88. The summed E-state index contributed by atoms with van der Waals surface area (Å²) in [5.74, 6) is 1.03. The molecule has 0 aliphatic rings. The predicted octanol–water partition coefficient (Wildman–Crippen LogP) is 3.36. The van der Waals surface area contributed by atoms with Gasteiger partial charge >= 0.3 is 0 Å². The van der Waals surface area contributed by atoms with Crippen LogP contribution in [-0.2, 0) is 0 Å². The standard InChI is InChI=1S/C16H14N4O3/c1-10-15(11-4-3-7-17-9-11)19-16(18-10)13-8-12(20(21)22)5-6-14(13)23-2/h3-9H,1-2H3,(H,18,19). The maximum atomic E-state index is 11.0. The fourth-order valence-electron chi connectivity index (χ4n) is 2.37. The van der Waals surface area contributed by atoms with Crippen LogP contribution in [0.4, 0.5) is 5.69 Å². The largest absolute Gasteiger partial charge is 0.496 e. The number of nitrogens with one attached hydrogen (secondary N) is 1. The van der Waals surface area contributed by atoms with Crippen LogP contribution < -0.4 is 4.74 Å². The fourth-order valence-corrected chi connectivity index (χ4v) is 2.37. The number of hydrogen-bond donors (Lipinski definition) is 1. The van der Waals surface area contributed by atoms with Crippen LogP contribution in [0.5, 0.6) is 5.75 Å². The predicted molar refractivity (Wildman–Crippen MR) is 85.2 cm³/mol. The zero-order chi connectivity index (χ0) is 16.4. The molecule has 2 heterocycles. The smallest absolute Gasteiger partial charge is 0.270 e. The van der Waals surface area contributed by atoms with E-state index in [4.69, 9.17) is 4.74 Å². The number of H-pyrrole nitrogens is 1. The number of ether oxygens (including phenoxy) is 1. The summed E-state index contributed by atoms with van der Waals surface area (Å²) in [5, 5.41) is 11.0. The van der Waals surface area contributed by atoms with Gasteiger partial charge < -0.3 is 9.72 Å². The molecular weight excluding hydrogens is 296 g/mol. The molecule has 0 bridgehead atoms. The first-order valence-corrected chi connectivity index (χ1v) is 6.90. The van der Waals surface area contributed by atoms with Crippen molar-refractivity contribution in [2.45, 2.75) is 6.92 Å². The van der Waals surface area contributed by atoms with Gasteiger partial charge in [0, 0.05) is 35.8 Å². The Hall–Kier alpha value is -3.22. The van der Waals surface area contributed by atoms with Gasteiger partial charge in [0.05, 0.1) is 23.3 Å². The molecule has 0 saturated heterocycles. The Bertz CT molecular complexity index is 859. The summed E-state index contributed by atoms with van der Waals surface area (Å²) in [6.07, 6.45) is 3.41. The minimum Gasteiger partial charge on any atom is -0.496 e. The zero-order valence-electron chi connectivity index (χ0n) is 12.6. The Morgan fingerprint density at radius 3 is 2.78 bits per heavy atom. The lowest BCUT2D eigenvalue weighted by Crippen LogP contribution is -1.93. The van der Waals surface area contributed by atoms with E-state index in [0.29, 0.717) is 17.1 Å². The minimum absolute atomic E-state index is 0.0159. The molecule has 1 N–H and O–H groups in total. The van der Waals surface area contributed by atoms with Gasteiger partial charge in [-0.25, -0.2) is 4.98 Å². The molecule has 0 spiro atoms. The summed E-state index contributed by atoms with van der Waals surface area (Å²) in [6.45, 7) is 1.89. The van der Waals surface area contributed by atoms with Crippen molar-refractivity contribution in [3.8, 4) is 28.4 Å². The van der Waals surface area contributed by atoms with Crippen molar-refractivity contribution in [3.05, 3.63) is 58.5 Å². The number of hydrogen-bond acceptors (Lipinski definition) is 5. The molecule has 7 nitrogen and oxygen atoms in total. The van der Waals surface area contributed by atoms with Gasteiger partial charge in [-0.1, -0.05) is 0 Å². The molecule has 2 aromatic heterocycles. The topological polar surface area (TPSA) is 93.9 Å². The van der Waals surface area contributed by atoms with E-state index in [-0.39, 0.29) is 5.69 Å². The Morgan fingerprint density at radius 2 is 2.13 bits per heavy atom. The van der Waals surface area contributed by atoms with Gasteiger partial charge in [0.15, 0.2) is 0 Å². The van der Waals surface area contributed by atoms with Crippen molar-refractivity contribution >= 4 is 5.69 Å². The molecule has 0 amide bonds. The lowest BCUT2D eigenvalue weighted by atomic mass is 10.1. The molecule has 7 heteroatoms. The highest BCUT2D eigenvalue weighted by atomic mass is 16.6. The van der Waals surface area contributed by atoms with Gasteiger partial charge in [-0.3, -0.25) is 15.1 Å². The van der Waals surface area contributed by atoms with Gasteiger partial charge in [0.2, 0.25) is 0 Å². The molecule has 0 radical (unpaired) electrons. The Labute approximate surface area is 132 Å². The Kier molecular flexibility index (Phi) is 3.76. The van der Waals surface area contributed by atoms with Crippen LogP contribution in [0.15, 0.2) is 42.7 Å². The Morgan fingerprint density at radius 1 is 1.30 bits per heavy atom. The van der Waals surface area contributed by atoms with E-state index >= 15 is 0 Å². The third-order valence-electron chi connectivity index (χ3n) is 3.47. The number of nitrogens with zero attached hydrogens (tertiary/aromatic N) is 3. The van der Waals surface area contributed by atoms with E-state index in [1.807, 2.05) is 19.1 Å². The molecular formula is C16H14N4O3. The zero-order valence-corrected chi connectivity index (χ0v) is 12.6. The number of imidazole rings is 1. The number of pyridine rings is 1. The van der Waals surface area contributed by atoms with Crippen LogP contribution in [0.1, 0.15) is 5.69 Å². The van der Waals surface area contributed by atoms with Crippen LogP contribution in [0.25, 0.3) is 22.6 Å². The second-order valence-corrected chi connectivity index (χ2v) is 4.94. The first-order valence-electron chi connectivity index (χ1n) is 6.90. The van der Waals surface area contributed by atoms with Gasteiger partial charge in [-0.2, -0.15) is 0 Å². The van der Waals surface area contributed by atoms with Crippen LogP contribution in [0, 0.1) is 17.0 Å². The normalized spacial score (nSPS) is 10.5. The quantitative estimate of drug-likeness (QED) is 0.589. The van der Waals surface area contributed by atoms with E-state index in [1.54, 1.807) is 18.5 Å². The van der Waals surface area contributed by atoms with Crippen LogP contribution in [0.2, 0.25) is 0 Å². The van der Waals surface area contributed by atoms with E-state index in [0.717, 1.165) is 17.0 Å². The molecule has 3 rings (SSSR count). The number of aromatic nitrogens is 3. The first-order chi connectivity index (χ1) is 11.1. The fraction of sp³-hybridized carbons (Fsp3) is 0.125. The minimum atomic E-state index is -0.444. The number of nitro benzene ring substituents is 1. The number of nitro groups is 1. The van der Waals surface area contributed by atoms with Crippen LogP contribution in [0.3, 0.4) is 0 Å². The molecule has 1 aromatic carbocycles. The van der Waals surface area contributed by atoms with Crippen LogP contribution in [-0.4, -0.2) is 27.0 Å². The summed E-state index contributed by atoms with van der Waals surface area (Å²) in [4.78, 5) is 22.4. The number of aryl methyl sites for hydroxylation is 1. The van der Waals surface area contributed by atoms with E-state index in [9.17, 15) is 10.1 Å². The summed E-state index contributed by atoms with van der Waals surface area (Å²) < 4.78 is 5.29. The average molecular weight is 310 g/mol. The number of aromatic amines is 1. The summed E-state index contributed by atoms with van der Waals surface area (Å²) in [5.41, 5.74) is 3.00. The molecule has 0 saturated carbocycles. The molecule has 0 unspecified atom stereocenters. The van der Waals surface area contributed by atoms with Crippen LogP contribution >= 0.6 is 0 Å². The molecule has 0 fully saturated rings. The van der Waals surface area contributed by atoms with Crippen molar-refractivity contribution in [1.82, 2.24) is 15.0 Å². The molecule has 0 aliphatic carbocycles. The van der Waals surface area contributed by atoms with Crippen molar-refractivity contribution < 1.29 is 9.66 Å². The summed E-state index contributed by atoms with van der Waals surface area (Å²) >= 11 is 0. The lowest BCUT2D eigenvalue weighted by Gasteiger charge is -2.05. The summed E-state index contributed by atoms with van der Waals surface area (Å²) in [7, 11) is 1.52. The molecule has 0 aliphatic heterocycles. The molecule has 23 heavy (non-hydrogen) atoms. The maximum absolute atomic E-state index is 11.0. The van der Waals surface area contributed by atoms with Gasteiger partial charge in [-0.05, 0) is 25.1 Å². The highest BCUT2D eigenvalue weighted by Crippen LogP contribution is 2.33. The lowest BCUT2D eigenvalue weighted by molar-refractivity contribution is -0.384. The van der Waals surface area contributed by atoms with E-state index in [1.165, 1.54) is 19.2 Å². The molecule has 3 aromatic rings. The molecule has 0 atom stereocenters. The highest BCUT2D eigenvalue weighted by Gasteiger charge is 2.17. The summed E-state index contributed by atoms with van der Waals surface area (Å²) in [6, 6.07) is 8.15. The average Bonchev–Trinajstić information content (AvgIpc) is 2.96. The van der Waals surface area contributed by atoms with Crippen molar-refractivity contribution in [1.29, 1.82) is 0 Å². The van der Waals surface area contributed by atoms with Crippen molar-refractivity contribution in [3.63, 3.8) is 0 Å². The molecule has 116 valence electrons. The van der Waals surface area contributed by atoms with E-state index in [2.05, 4.69) is 15.0 Å². The second-order valence-electron chi connectivity index (χ2n) is 4.94. The van der Waals surface area contributed by atoms with Crippen molar-refractivity contribution in [2.24, 2.45) is 0 Å². The van der Waals surface area contributed by atoms with E-state index < -0.39 is 4.92 Å². The third-order valence-corrected chi connectivity index (χ3v) is 3.47. The Balaban J connectivity index is 2.13. The monoisotopic (exact) mass is 310 g/mol. The number of benzene rings is 1. The highest BCUT2D eigenvalue weighted by molar-refractivity contribution is 5.72. The number of non-ortho nitro benzene ring substituents is 1. The SMILES string of the molecule is COc1ccc([N+](=O)[O-])cc1-c1nc(-c2cccnc2)c(C)[nH]1. The number of rotatable bonds is 4. The van der Waals surface area contributed by atoms with Crippen molar-refractivity contribution in [2.75, 3.05) is 7.11 Å². The van der Waals surface area contributed by atoms with Gasteiger partial charge in [0.1, 0.15) is 11.6 Å². The first kappa shape index (κ1) is 14.7.